The molecule has 2 aromatic rings. The number of amidine groups is 1. The monoisotopic (exact) mass is 454 g/mol. The lowest BCUT2D eigenvalue weighted by molar-refractivity contribution is -0.133. The van der Waals surface area contributed by atoms with E-state index >= 15 is 0 Å². The van der Waals surface area contributed by atoms with Gasteiger partial charge in [-0.05, 0) is 49.1 Å². The first kappa shape index (κ1) is 22.3. The maximum atomic E-state index is 13.4. The van der Waals surface area contributed by atoms with Crippen LogP contribution in [0.2, 0.25) is 0 Å². The Labute approximate surface area is 190 Å². The lowest BCUT2D eigenvalue weighted by Crippen LogP contribution is -2.52. The molecule has 2 heterocycles. The molecule has 7 nitrogen and oxygen atoms in total. The Morgan fingerprint density at radius 3 is 2.38 bits per heavy atom. The van der Waals surface area contributed by atoms with E-state index in [1.165, 1.54) is 16.8 Å². The van der Waals surface area contributed by atoms with Crippen molar-refractivity contribution in [3.8, 4) is 0 Å². The summed E-state index contributed by atoms with van der Waals surface area (Å²) in [5.41, 5.74) is 4.27. The number of hydrogen-bond acceptors (Lipinski definition) is 5. The minimum Gasteiger partial charge on any atom is -0.368 e. The zero-order valence-electron chi connectivity index (χ0n) is 19.0. The number of amides is 1. The van der Waals surface area contributed by atoms with Crippen LogP contribution in [0.1, 0.15) is 30.5 Å². The van der Waals surface area contributed by atoms with Gasteiger partial charge < -0.3 is 9.80 Å². The molecular formula is C24H30N4O3S. The highest BCUT2D eigenvalue weighted by Gasteiger charge is 2.34. The van der Waals surface area contributed by atoms with Gasteiger partial charge in [0, 0.05) is 37.4 Å². The molecule has 0 aromatic heterocycles. The topological polar surface area (TPSA) is 82.1 Å². The molecule has 1 atom stereocenters. The highest BCUT2D eigenvalue weighted by molar-refractivity contribution is 7.90. The van der Waals surface area contributed by atoms with Crippen molar-refractivity contribution in [1.29, 1.82) is 0 Å². The van der Waals surface area contributed by atoms with E-state index in [4.69, 9.17) is 0 Å². The van der Waals surface area contributed by atoms with E-state index in [1.807, 2.05) is 18.7 Å². The number of carbonyl (C=O) groups excluding carboxylic acids is 1. The number of carbonyl (C=O) groups is 1. The van der Waals surface area contributed by atoms with Crippen LogP contribution < -0.4 is 9.62 Å². The van der Waals surface area contributed by atoms with Gasteiger partial charge in [0.1, 0.15) is 11.9 Å². The summed E-state index contributed by atoms with van der Waals surface area (Å²) in [6.45, 7) is 10.9. The molecule has 170 valence electrons. The van der Waals surface area contributed by atoms with Crippen molar-refractivity contribution in [3.05, 3.63) is 59.2 Å². The fourth-order valence-electron chi connectivity index (χ4n) is 4.29. The van der Waals surface area contributed by atoms with Gasteiger partial charge >= 0.3 is 0 Å². The van der Waals surface area contributed by atoms with Crippen LogP contribution in [0, 0.1) is 19.8 Å². The molecular weight excluding hydrogens is 424 g/mol. The summed E-state index contributed by atoms with van der Waals surface area (Å²) >= 11 is 0. The molecule has 2 aliphatic rings. The Kier molecular flexibility index (Phi) is 5.99. The number of hydrogen-bond donors (Lipinski definition) is 1. The number of aliphatic imine (C=N–C) groups is 1. The van der Waals surface area contributed by atoms with Crippen molar-refractivity contribution >= 4 is 27.5 Å². The minimum atomic E-state index is -3.63. The maximum Gasteiger partial charge on any atom is 0.263 e. The summed E-state index contributed by atoms with van der Waals surface area (Å²) in [6, 6.07) is 12.4. The molecule has 0 bridgehead atoms. The van der Waals surface area contributed by atoms with Gasteiger partial charge in [0.25, 0.3) is 10.0 Å². The molecule has 0 saturated carbocycles. The van der Waals surface area contributed by atoms with Gasteiger partial charge in [-0.2, -0.15) is 0 Å². The molecule has 2 aromatic carbocycles. The minimum absolute atomic E-state index is 0.0586. The first-order valence-corrected chi connectivity index (χ1v) is 12.5. The third kappa shape index (κ3) is 4.11. The van der Waals surface area contributed by atoms with Crippen LogP contribution in [0.25, 0.3) is 0 Å². The summed E-state index contributed by atoms with van der Waals surface area (Å²) in [7, 11) is -3.63. The second-order valence-electron chi connectivity index (χ2n) is 8.80. The van der Waals surface area contributed by atoms with Crippen molar-refractivity contribution in [2.45, 2.75) is 38.6 Å². The van der Waals surface area contributed by atoms with Crippen molar-refractivity contribution < 1.29 is 13.2 Å². The van der Waals surface area contributed by atoms with Crippen LogP contribution in [-0.4, -0.2) is 57.3 Å². The molecule has 1 saturated heterocycles. The fraction of sp³-hybridized carbons (Fsp3) is 0.417. The predicted octanol–water partition coefficient (Wildman–Crippen LogP) is 2.72. The van der Waals surface area contributed by atoms with Gasteiger partial charge in [-0.25, -0.2) is 8.42 Å². The molecule has 4 rings (SSSR count). The molecule has 0 aliphatic carbocycles. The molecule has 1 amide bonds. The molecule has 0 unspecified atom stereocenters. The van der Waals surface area contributed by atoms with Gasteiger partial charge in [-0.1, -0.05) is 38.1 Å². The van der Waals surface area contributed by atoms with E-state index in [1.54, 1.807) is 24.3 Å². The second kappa shape index (κ2) is 8.58. The first-order valence-electron chi connectivity index (χ1n) is 11.0. The molecule has 1 N–H and O–H groups in total. The van der Waals surface area contributed by atoms with Crippen LogP contribution in [0.5, 0.6) is 0 Å². The number of rotatable bonds is 4. The van der Waals surface area contributed by atoms with E-state index < -0.39 is 16.1 Å². The largest absolute Gasteiger partial charge is 0.368 e. The number of nitrogens with zero attached hydrogens (tertiary/aromatic N) is 3. The highest BCUT2D eigenvalue weighted by atomic mass is 32.2. The maximum absolute atomic E-state index is 13.4. The highest BCUT2D eigenvalue weighted by Crippen LogP contribution is 2.26. The zero-order chi connectivity index (χ0) is 23.0. The Bertz CT molecular complexity index is 1170. The lowest BCUT2D eigenvalue weighted by Gasteiger charge is -2.38. The Morgan fingerprint density at radius 1 is 1.00 bits per heavy atom. The van der Waals surface area contributed by atoms with Crippen molar-refractivity contribution in [2.75, 3.05) is 31.1 Å². The van der Waals surface area contributed by atoms with Crippen LogP contribution in [0.4, 0.5) is 5.69 Å². The lowest BCUT2D eigenvalue weighted by atomic mass is 10.0. The molecule has 2 aliphatic heterocycles. The average molecular weight is 455 g/mol. The van der Waals surface area contributed by atoms with Crippen LogP contribution in [0.3, 0.4) is 0 Å². The molecule has 1 fully saturated rings. The van der Waals surface area contributed by atoms with Gasteiger partial charge in [0.15, 0.2) is 0 Å². The fourth-order valence-corrected chi connectivity index (χ4v) is 5.53. The van der Waals surface area contributed by atoms with E-state index in [0.717, 1.165) is 13.1 Å². The number of sulfonamides is 1. The summed E-state index contributed by atoms with van der Waals surface area (Å²) in [6.07, 6.45) is 0. The van der Waals surface area contributed by atoms with E-state index in [0.29, 0.717) is 18.7 Å². The number of benzene rings is 2. The van der Waals surface area contributed by atoms with Crippen LogP contribution in [0.15, 0.2) is 52.4 Å². The molecule has 0 radical (unpaired) electrons. The van der Waals surface area contributed by atoms with Crippen molar-refractivity contribution in [3.63, 3.8) is 0 Å². The molecule has 8 heteroatoms. The van der Waals surface area contributed by atoms with Gasteiger partial charge in [0.2, 0.25) is 5.91 Å². The molecule has 32 heavy (non-hydrogen) atoms. The quantitative estimate of drug-likeness (QED) is 0.770. The van der Waals surface area contributed by atoms with Gasteiger partial charge in [-0.3, -0.25) is 14.5 Å². The summed E-state index contributed by atoms with van der Waals surface area (Å²) < 4.78 is 27.4. The van der Waals surface area contributed by atoms with Gasteiger partial charge in [0.05, 0.1) is 4.90 Å². The third-order valence-electron chi connectivity index (χ3n) is 6.32. The van der Waals surface area contributed by atoms with Gasteiger partial charge in [-0.15, -0.1) is 0 Å². The van der Waals surface area contributed by atoms with E-state index in [2.05, 4.69) is 46.7 Å². The Balaban J connectivity index is 1.52. The van der Waals surface area contributed by atoms with Crippen LogP contribution >= 0.6 is 0 Å². The number of anilines is 1. The zero-order valence-corrected chi connectivity index (χ0v) is 19.8. The van der Waals surface area contributed by atoms with Crippen LogP contribution in [-0.2, 0) is 14.8 Å². The number of piperazine rings is 1. The molecule has 0 spiro atoms. The summed E-state index contributed by atoms with van der Waals surface area (Å²) in [5, 5.41) is 0. The van der Waals surface area contributed by atoms with Crippen molar-refractivity contribution in [2.24, 2.45) is 10.9 Å². The standard InChI is InChI=1S/C24H30N4O3S/c1-16(2)22(25-23-19-9-5-6-11-21(19)32(30,31)26-23)24(29)28-14-12-27(13-15-28)20-10-7-8-17(3)18(20)4/h5-11,16,22H,12-15H2,1-4H3,(H,25,26)/t22-/m1/s1. The van der Waals surface area contributed by atoms with E-state index in [-0.39, 0.29) is 22.6 Å². The average Bonchev–Trinajstić information content (AvgIpc) is 3.03. The van der Waals surface area contributed by atoms with Crippen molar-refractivity contribution in [1.82, 2.24) is 9.62 Å². The summed E-state index contributed by atoms with van der Waals surface area (Å²) in [4.78, 5) is 22.4. The second-order valence-corrected chi connectivity index (χ2v) is 10.5. The Morgan fingerprint density at radius 2 is 1.69 bits per heavy atom. The first-order chi connectivity index (χ1) is 15.2. The number of nitrogens with one attached hydrogen (secondary N) is 1. The third-order valence-corrected chi connectivity index (χ3v) is 7.72. The SMILES string of the molecule is Cc1cccc(N2CCN(C(=O)[C@H](N=C3NS(=O)(=O)c4ccccc43)C(C)C)CC2)c1C. The summed E-state index contributed by atoms with van der Waals surface area (Å²) in [5.74, 6) is 0.127. The predicted molar refractivity (Wildman–Crippen MR) is 127 cm³/mol. The smallest absolute Gasteiger partial charge is 0.263 e. The normalized spacial score (nSPS) is 19.7. The Hall–Kier alpha value is -2.87. The number of fused-ring (bicyclic) bond motifs is 1. The number of aryl methyl sites for hydroxylation is 1. The van der Waals surface area contributed by atoms with E-state index in [9.17, 15) is 13.2 Å².